The van der Waals surface area contributed by atoms with Crippen molar-refractivity contribution in [3.05, 3.63) is 101 Å². The second-order valence-corrected chi connectivity index (χ2v) is 8.43. The minimum atomic E-state index is -0.219. The van der Waals surface area contributed by atoms with E-state index < -0.39 is 0 Å². The Morgan fingerprint density at radius 1 is 0.906 bits per heavy atom. The van der Waals surface area contributed by atoms with Gasteiger partial charge in [0.2, 0.25) is 5.95 Å². The van der Waals surface area contributed by atoms with Crippen molar-refractivity contribution in [1.82, 2.24) is 9.55 Å². The van der Waals surface area contributed by atoms with Gasteiger partial charge >= 0.3 is 0 Å². The number of carbonyl (C=O) groups is 1. The Balaban J connectivity index is 1.52. The van der Waals surface area contributed by atoms with Crippen LogP contribution in [0.4, 0.5) is 5.95 Å². The van der Waals surface area contributed by atoms with Crippen LogP contribution in [-0.2, 0) is 4.79 Å². The molecule has 0 fully saturated rings. The van der Waals surface area contributed by atoms with Crippen molar-refractivity contribution >= 4 is 22.8 Å². The van der Waals surface area contributed by atoms with Crippen LogP contribution in [0.3, 0.4) is 0 Å². The molecule has 32 heavy (non-hydrogen) atoms. The zero-order chi connectivity index (χ0) is 21.7. The number of hydrogen-bond donors (Lipinski definition) is 1. The first-order valence-corrected chi connectivity index (χ1v) is 10.9. The highest BCUT2D eigenvalue weighted by Gasteiger charge is 2.39. The predicted octanol–water partition coefficient (Wildman–Crippen LogP) is 5.46. The lowest BCUT2D eigenvalue weighted by Crippen LogP contribution is -2.33. The number of methoxy groups -OCH3 is 1. The van der Waals surface area contributed by atoms with Gasteiger partial charge in [0, 0.05) is 17.7 Å². The normalized spacial score (nSPS) is 20.0. The number of nitrogens with one attached hydrogen (secondary N) is 1. The number of Topliss-reactive ketones (excluding diaryl/α,β-unsaturated/α-hetero) is 1. The van der Waals surface area contributed by atoms with Gasteiger partial charge in [0.05, 0.1) is 24.2 Å². The summed E-state index contributed by atoms with van der Waals surface area (Å²) in [6.07, 6.45) is 1.31. The minimum absolute atomic E-state index is 0.169. The molecule has 5 nitrogen and oxygen atoms in total. The molecule has 0 unspecified atom stereocenters. The maximum atomic E-state index is 13.6. The van der Waals surface area contributed by atoms with Gasteiger partial charge in [-0.05, 0) is 47.7 Å². The molecule has 0 saturated carbocycles. The fourth-order valence-electron chi connectivity index (χ4n) is 5.09. The highest BCUT2D eigenvalue weighted by Crippen LogP contribution is 2.46. The quantitative estimate of drug-likeness (QED) is 0.477. The third-order valence-corrected chi connectivity index (χ3v) is 6.60. The summed E-state index contributed by atoms with van der Waals surface area (Å²) in [5.41, 5.74) is 6.02. The van der Waals surface area contributed by atoms with Crippen molar-refractivity contribution in [2.75, 3.05) is 12.4 Å². The Hall–Kier alpha value is -3.86. The smallest absolute Gasteiger partial charge is 0.209 e. The molecule has 4 aromatic rings. The molecule has 6 rings (SSSR count). The van der Waals surface area contributed by atoms with Crippen LogP contribution in [0.1, 0.15) is 35.9 Å². The summed E-state index contributed by atoms with van der Waals surface area (Å²) in [6, 6.07) is 26.2. The number of carbonyl (C=O) groups excluding carboxylic acids is 1. The number of ketones is 1. The van der Waals surface area contributed by atoms with E-state index in [4.69, 9.17) is 9.72 Å². The first-order valence-electron chi connectivity index (χ1n) is 10.9. The number of allylic oxidation sites excluding steroid dienone is 2. The third kappa shape index (κ3) is 2.93. The van der Waals surface area contributed by atoms with Crippen LogP contribution >= 0.6 is 0 Å². The van der Waals surface area contributed by atoms with E-state index >= 15 is 0 Å². The predicted molar refractivity (Wildman–Crippen MR) is 125 cm³/mol. The fourth-order valence-corrected chi connectivity index (χ4v) is 5.09. The number of aromatic nitrogens is 2. The van der Waals surface area contributed by atoms with E-state index in [1.165, 1.54) is 5.56 Å². The topological polar surface area (TPSA) is 56.1 Å². The highest BCUT2D eigenvalue weighted by molar-refractivity contribution is 6.01. The number of anilines is 1. The number of rotatable bonds is 3. The number of para-hydroxylation sites is 2. The maximum absolute atomic E-state index is 13.6. The summed E-state index contributed by atoms with van der Waals surface area (Å²) in [5.74, 6) is 1.94. The number of nitrogens with zero attached hydrogens (tertiary/aromatic N) is 2. The number of benzene rings is 3. The molecule has 2 atom stereocenters. The van der Waals surface area contributed by atoms with Crippen LogP contribution in [0.2, 0.25) is 0 Å². The van der Waals surface area contributed by atoms with Gasteiger partial charge in [-0.25, -0.2) is 4.98 Å². The molecule has 0 saturated heterocycles. The molecule has 158 valence electrons. The highest BCUT2D eigenvalue weighted by atomic mass is 16.5. The van der Waals surface area contributed by atoms with Crippen molar-refractivity contribution in [3.63, 3.8) is 0 Å². The summed E-state index contributed by atoms with van der Waals surface area (Å²) in [7, 11) is 1.66. The summed E-state index contributed by atoms with van der Waals surface area (Å²) in [6.45, 7) is 0. The number of fused-ring (bicyclic) bond motifs is 3. The number of ether oxygens (including phenoxy) is 1. The van der Waals surface area contributed by atoms with Gasteiger partial charge in [-0.3, -0.25) is 9.36 Å². The van der Waals surface area contributed by atoms with Crippen LogP contribution in [0.25, 0.3) is 11.0 Å². The Bertz CT molecular complexity index is 1350. The van der Waals surface area contributed by atoms with E-state index in [-0.39, 0.29) is 17.7 Å². The van der Waals surface area contributed by atoms with Crippen LogP contribution in [0.5, 0.6) is 5.75 Å². The molecule has 0 spiro atoms. The Labute approximate surface area is 186 Å². The first kappa shape index (κ1) is 18.9. The van der Waals surface area contributed by atoms with Crippen LogP contribution < -0.4 is 10.1 Å². The van der Waals surface area contributed by atoms with Gasteiger partial charge in [0.15, 0.2) is 5.78 Å². The van der Waals surface area contributed by atoms with Crippen LogP contribution in [0, 0.1) is 0 Å². The molecular formula is C27H23N3O2. The molecular weight excluding hydrogens is 398 g/mol. The first-order chi connectivity index (χ1) is 15.7. The maximum Gasteiger partial charge on any atom is 0.209 e. The molecule has 5 heteroatoms. The molecule has 1 aromatic heterocycles. The summed E-state index contributed by atoms with van der Waals surface area (Å²) in [5, 5.41) is 3.53. The SMILES string of the molecule is COc1ccc([C@H]2C3=C(C[C@H](c4ccccc4)CC3=O)Nc3nc4ccccc4n32)cc1. The van der Waals surface area contributed by atoms with Crippen molar-refractivity contribution < 1.29 is 9.53 Å². The summed E-state index contributed by atoms with van der Waals surface area (Å²) in [4.78, 5) is 18.5. The van der Waals surface area contributed by atoms with Crippen molar-refractivity contribution in [3.8, 4) is 5.75 Å². The van der Waals surface area contributed by atoms with Crippen molar-refractivity contribution in [2.45, 2.75) is 24.8 Å². The molecule has 0 amide bonds. The molecule has 2 heterocycles. The molecule has 3 aromatic carbocycles. The van der Waals surface area contributed by atoms with E-state index in [9.17, 15) is 4.79 Å². The van der Waals surface area contributed by atoms with Gasteiger partial charge in [0.25, 0.3) is 0 Å². The van der Waals surface area contributed by atoms with E-state index in [2.05, 4.69) is 40.2 Å². The third-order valence-electron chi connectivity index (χ3n) is 6.60. The molecule has 1 aliphatic carbocycles. The van der Waals surface area contributed by atoms with Crippen molar-refractivity contribution in [1.29, 1.82) is 0 Å². The number of imidazole rings is 1. The molecule has 1 N–H and O–H groups in total. The van der Waals surface area contributed by atoms with E-state index in [0.717, 1.165) is 46.0 Å². The monoisotopic (exact) mass is 421 g/mol. The average Bonchev–Trinajstić information content (AvgIpc) is 3.21. The van der Waals surface area contributed by atoms with E-state index in [1.807, 2.05) is 48.5 Å². The Morgan fingerprint density at radius 2 is 1.66 bits per heavy atom. The van der Waals surface area contributed by atoms with Gasteiger partial charge in [0.1, 0.15) is 5.75 Å². The second kappa shape index (κ2) is 7.38. The zero-order valence-corrected chi connectivity index (χ0v) is 17.8. The van der Waals surface area contributed by atoms with Crippen molar-refractivity contribution in [2.24, 2.45) is 0 Å². The standard InChI is InChI=1S/C27H23N3O2/c1-32-20-13-11-18(12-14-20)26-25-22(15-19(16-24(25)31)17-7-3-2-4-8-17)29-27-28-21-9-5-6-10-23(21)30(26)27/h2-14,19,26H,15-16H2,1H3,(H,28,29)/t19-,26-/m0/s1. The lowest BCUT2D eigenvalue weighted by atomic mass is 9.77. The zero-order valence-electron chi connectivity index (χ0n) is 17.8. The summed E-state index contributed by atoms with van der Waals surface area (Å²) < 4.78 is 7.53. The van der Waals surface area contributed by atoms with Gasteiger partial charge in [-0.15, -0.1) is 0 Å². The fraction of sp³-hybridized carbons (Fsp3) is 0.185. The summed E-state index contributed by atoms with van der Waals surface area (Å²) >= 11 is 0. The molecule has 2 aliphatic rings. The Morgan fingerprint density at radius 3 is 2.44 bits per heavy atom. The van der Waals surface area contributed by atoms with Gasteiger partial charge in [-0.1, -0.05) is 54.6 Å². The van der Waals surface area contributed by atoms with Gasteiger partial charge < -0.3 is 10.1 Å². The molecule has 0 radical (unpaired) electrons. The Kier molecular flexibility index (Phi) is 4.35. The molecule has 0 bridgehead atoms. The van der Waals surface area contributed by atoms with Gasteiger partial charge in [-0.2, -0.15) is 0 Å². The molecule has 1 aliphatic heterocycles. The largest absolute Gasteiger partial charge is 0.497 e. The number of hydrogen-bond acceptors (Lipinski definition) is 4. The minimum Gasteiger partial charge on any atom is -0.497 e. The van der Waals surface area contributed by atoms with Crippen LogP contribution in [0.15, 0.2) is 90.1 Å². The van der Waals surface area contributed by atoms with Crippen LogP contribution in [-0.4, -0.2) is 22.4 Å². The second-order valence-electron chi connectivity index (χ2n) is 8.43. The lowest BCUT2D eigenvalue weighted by Gasteiger charge is -2.36. The van der Waals surface area contributed by atoms with E-state index in [1.54, 1.807) is 7.11 Å². The lowest BCUT2D eigenvalue weighted by molar-refractivity contribution is -0.116. The van der Waals surface area contributed by atoms with E-state index in [0.29, 0.717) is 6.42 Å². The average molecular weight is 422 g/mol.